The summed E-state index contributed by atoms with van der Waals surface area (Å²) in [4.78, 5) is 0. The van der Waals surface area contributed by atoms with Crippen molar-refractivity contribution >= 4 is 77.7 Å². The zero-order valence-electron chi connectivity index (χ0n) is 20.1. The van der Waals surface area contributed by atoms with Gasteiger partial charge in [-0.3, -0.25) is 0 Å². The van der Waals surface area contributed by atoms with E-state index in [4.69, 9.17) is 0 Å². The first-order chi connectivity index (χ1) is 18.4. The van der Waals surface area contributed by atoms with E-state index >= 15 is 0 Å². The molecule has 0 saturated heterocycles. The number of hydrogen-bond donors (Lipinski definition) is 0. The minimum atomic E-state index is 0.165. The quantitative estimate of drug-likeness (QED) is 0.122. The van der Waals surface area contributed by atoms with Crippen molar-refractivity contribution in [2.24, 2.45) is 0 Å². The summed E-state index contributed by atoms with van der Waals surface area (Å²) >= 11 is 0.165. The first-order valence-electron chi connectivity index (χ1n) is 12.7. The van der Waals surface area contributed by atoms with Crippen LogP contribution in [0, 0.1) is 0 Å². The molecule has 0 fully saturated rings. The predicted molar refractivity (Wildman–Crippen MR) is 162 cm³/mol. The fourth-order valence-corrected chi connectivity index (χ4v) is 8.46. The number of hydrogen-bond acceptors (Lipinski definition) is 0. The molecule has 0 saturated carbocycles. The van der Waals surface area contributed by atoms with E-state index in [1.54, 1.807) is 0 Å². The predicted octanol–water partition coefficient (Wildman–Crippen LogP) is 8.21. The van der Waals surface area contributed by atoms with Crippen molar-refractivity contribution < 1.29 is 0 Å². The van der Waals surface area contributed by atoms with Gasteiger partial charge in [0.15, 0.2) is 0 Å². The average molecular weight is 534 g/mol. The molecule has 0 N–H and O–H groups in total. The zero-order chi connectivity index (χ0) is 24.3. The third-order valence-corrected chi connectivity index (χ3v) is 9.99. The van der Waals surface area contributed by atoms with Crippen LogP contribution in [0.3, 0.4) is 0 Å². The van der Waals surface area contributed by atoms with E-state index in [1.165, 1.54) is 73.9 Å². The van der Waals surface area contributed by atoms with Crippen LogP contribution in [-0.2, 0) is 0 Å². The van der Waals surface area contributed by atoms with Gasteiger partial charge in [0.25, 0.3) is 0 Å². The molecule has 1 heteroatoms. The van der Waals surface area contributed by atoms with Crippen LogP contribution < -0.4 is 8.92 Å². The molecule has 172 valence electrons. The fraction of sp³-hybridized carbons (Fsp3) is 0. The van der Waals surface area contributed by atoms with Gasteiger partial charge in [0, 0.05) is 0 Å². The van der Waals surface area contributed by atoms with Crippen LogP contribution >= 0.6 is 0 Å². The summed E-state index contributed by atoms with van der Waals surface area (Å²) in [5.41, 5.74) is 2.67. The molecule has 0 heterocycles. The number of rotatable bonds is 3. The first kappa shape index (κ1) is 21.0. The van der Waals surface area contributed by atoms with Crippen molar-refractivity contribution in [3.63, 3.8) is 0 Å². The molecule has 0 aliphatic rings. The number of fused-ring (bicyclic) bond motifs is 4. The van der Waals surface area contributed by atoms with Crippen LogP contribution in [0.1, 0.15) is 0 Å². The summed E-state index contributed by atoms with van der Waals surface area (Å²) in [5, 5.41) is 13.5. The van der Waals surface area contributed by atoms with Gasteiger partial charge in [0.05, 0.1) is 0 Å². The molecule has 0 atom stereocenters. The summed E-state index contributed by atoms with van der Waals surface area (Å²) in [7, 11) is 0. The molecule has 8 aromatic rings. The summed E-state index contributed by atoms with van der Waals surface area (Å²) < 4.78 is 2.86. The van der Waals surface area contributed by atoms with E-state index in [-0.39, 0.29) is 15.0 Å². The fourth-order valence-electron chi connectivity index (χ4n) is 6.06. The Balaban J connectivity index is 1.62. The Hall–Kier alpha value is -4.16. The Morgan fingerprint density at radius 3 is 1.81 bits per heavy atom. The van der Waals surface area contributed by atoms with Crippen LogP contribution in [-0.4, -0.2) is 15.0 Å². The van der Waals surface area contributed by atoms with Gasteiger partial charge in [0.2, 0.25) is 0 Å². The Morgan fingerprint density at radius 1 is 0.378 bits per heavy atom. The topological polar surface area (TPSA) is 0 Å². The molecule has 0 unspecified atom stereocenters. The SMILES string of the molecule is c1ccc([Se]c2c(-c3ccccc3)c3cc4ccc5cccc6ccc(c3c3ccccc23)c4c56)cc1. The van der Waals surface area contributed by atoms with Crippen molar-refractivity contribution in [3.05, 3.63) is 133 Å². The molecule has 0 spiro atoms. The molecule has 8 rings (SSSR count). The molecule has 37 heavy (non-hydrogen) atoms. The second-order valence-electron chi connectivity index (χ2n) is 9.69. The average Bonchev–Trinajstić information content (AvgIpc) is 2.96. The molecule has 0 aliphatic heterocycles. The van der Waals surface area contributed by atoms with Crippen LogP contribution in [0.4, 0.5) is 0 Å². The summed E-state index contributed by atoms with van der Waals surface area (Å²) in [6.07, 6.45) is 0. The van der Waals surface area contributed by atoms with Gasteiger partial charge in [-0.2, -0.15) is 0 Å². The normalized spacial score (nSPS) is 11.9. The number of benzene rings is 8. The van der Waals surface area contributed by atoms with Gasteiger partial charge in [-0.05, 0) is 0 Å². The van der Waals surface area contributed by atoms with Crippen molar-refractivity contribution in [1.29, 1.82) is 0 Å². The van der Waals surface area contributed by atoms with Gasteiger partial charge in [0.1, 0.15) is 0 Å². The van der Waals surface area contributed by atoms with Crippen LogP contribution in [0.25, 0.3) is 65.0 Å². The van der Waals surface area contributed by atoms with E-state index < -0.39 is 0 Å². The van der Waals surface area contributed by atoms with Gasteiger partial charge >= 0.3 is 222 Å². The molecule has 8 aromatic carbocycles. The van der Waals surface area contributed by atoms with Crippen LogP contribution in [0.5, 0.6) is 0 Å². The maximum absolute atomic E-state index is 2.46. The van der Waals surface area contributed by atoms with E-state index in [0.717, 1.165) is 0 Å². The molecule has 0 bridgehead atoms. The molecular formula is C36H22Se. The summed E-state index contributed by atoms with van der Waals surface area (Å²) in [6.45, 7) is 0. The minimum absolute atomic E-state index is 0.165. The van der Waals surface area contributed by atoms with E-state index in [0.29, 0.717) is 0 Å². The molecular weight excluding hydrogens is 511 g/mol. The van der Waals surface area contributed by atoms with Crippen molar-refractivity contribution in [3.8, 4) is 11.1 Å². The van der Waals surface area contributed by atoms with Gasteiger partial charge in [-0.15, -0.1) is 0 Å². The first-order valence-corrected chi connectivity index (χ1v) is 14.4. The zero-order valence-corrected chi connectivity index (χ0v) is 21.8. The van der Waals surface area contributed by atoms with Gasteiger partial charge < -0.3 is 0 Å². The van der Waals surface area contributed by atoms with Crippen molar-refractivity contribution in [2.75, 3.05) is 0 Å². The van der Waals surface area contributed by atoms with E-state index in [9.17, 15) is 0 Å². The van der Waals surface area contributed by atoms with Crippen LogP contribution in [0.15, 0.2) is 133 Å². The Kier molecular flexibility index (Phi) is 4.64. The monoisotopic (exact) mass is 534 g/mol. The van der Waals surface area contributed by atoms with Crippen molar-refractivity contribution in [2.45, 2.75) is 0 Å². The molecule has 0 amide bonds. The second kappa shape index (κ2) is 8.18. The van der Waals surface area contributed by atoms with Crippen LogP contribution in [0.2, 0.25) is 0 Å². The summed E-state index contributed by atoms with van der Waals surface area (Å²) in [5.74, 6) is 0. The molecule has 0 aliphatic carbocycles. The Labute approximate surface area is 221 Å². The molecule has 0 aromatic heterocycles. The third kappa shape index (κ3) is 3.15. The van der Waals surface area contributed by atoms with Gasteiger partial charge in [-0.1, -0.05) is 0 Å². The second-order valence-corrected chi connectivity index (χ2v) is 12.0. The standard InChI is InChI=1S/C36H22Se/c1-3-10-23(11-4-1)34-31-22-26-19-18-24-12-9-13-25-20-21-30(33(26)32(24)25)35(31)28-16-7-8-17-29(28)36(34)37-27-14-5-2-6-15-27/h1-22H. The maximum atomic E-state index is 2.46. The Bertz CT molecular complexity index is 2070. The van der Waals surface area contributed by atoms with E-state index in [1.807, 2.05) is 0 Å². The van der Waals surface area contributed by atoms with Crippen molar-refractivity contribution in [1.82, 2.24) is 0 Å². The van der Waals surface area contributed by atoms with E-state index in [2.05, 4.69) is 133 Å². The third-order valence-electron chi connectivity index (χ3n) is 7.61. The molecule has 0 radical (unpaired) electrons. The Morgan fingerprint density at radius 2 is 1.03 bits per heavy atom. The molecule has 0 nitrogen and oxygen atoms in total. The van der Waals surface area contributed by atoms with Gasteiger partial charge in [-0.25, -0.2) is 0 Å². The summed E-state index contributed by atoms with van der Waals surface area (Å²) in [6, 6.07) is 49.4.